The van der Waals surface area contributed by atoms with Gasteiger partial charge >= 0.3 is 0 Å². The average molecular weight is 460 g/mol. The SMILES string of the molecule is COc1ccc(C)cc1S(=O)(=O)N(CC(=O)NCc1ccncc1)c1ccc(Cl)cc1. The molecule has 162 valence electrons. The van der Waals surface area contributed by atoms with Crippen LogP contribution >= 0.6 is 11.6 Å². The average Bonchev–Trinajstić information content (AvgIpc) is 2.77. The van der Waals surface area contributed by atoms with Gasteiger partial charge < -0.3 is 10.1 Å². The van der Waals surface area contributed by atoms with Gasteiger partial charge in [0, 0.05) is 24.0 Å². The van der Waals surface area contributed by atoms with Crippen molar-refractivity contribution < 1.29 is 17.9 Å². The molecule has 1 amide bonds. The zero-order chi connectivity index (χ0) is 22.4. The van der Waals surface area contributed by atoms with Crippen LogP contribution in [-0.2, 0) is 21.4 Å². The molecule has 1 N–H and O–H groups in total. The fourth-order valence-electron chi connectivity index (χ4n) is 2.91. The largest absolute Gasteiger partial charge is 0.495 e. The number of hydrogen-bond acceptors (Lipinski definition) is 5. The Morgan fingerprint density at radius 1 is 1.10 bits per heavy atom. The van der Waals surface area contributed by atoms with Crippen LogP contribution < -0.4 is 14.4 Å². The van der Waals surface area contributed by atoms with Gasteiger partial charge in [-0.05, 0) is 66.6 Å². The molecular formula is C22H22ClN3O4S. The molecule has 0 aliphatic heterocycles. The van der Waals surface area contributed by atoms with Crippen LogP contribution in [0.4, 0.5) is 5.69 Å². The number of anilines is 1. The molecule has 1 heterocycles. The fourth-order valence-corrected chi connectivity index (χ4v) is 4.70. The van der Waals surface area contributed by atoms with E-state index in [2.05, 4.69) is 10.3 Å². The normalized spacial score (nSPS) is 11.1. The zero-order valence-electron chi connectivity index (χ0n) is 17.1. The molecule has 0 radical (unpaired) electrons. The van der Waals surface area contributed by atoms with Crippen LogP contribution in [0.1, 0.15) is 11.1 Å². The molecule has 7 nitrogen and oxygen atoms in total. The molecule has 9 heteroatoms. The number of nitrogens with zero attached hydrogens (tertiary/aromatic N) is 2. The van der Waals surface area contributed by atoms with Gasteiger partial charge in [-0.15, -0.1) is 0 Å². The van der Waals surface area contributed by atoms with Crippen LogP contribution in [0.2, 0.25) is 5.02 Å². The summed E-state index contributed by atoms with van der Waals surface area (Å²) in [4.78, 5) is 16.6. The number of hydrogen-bond donors (Lipinski definition) is 1. The fraction of sp³-hybridized carbons (Fsp3) is 0.182. The standard InChI is InChI=1S/C22H22ClN3O4S/c1-16-3-8-20(30-2)21(13-16)31(28,29)26(19-6-4-18(23)5-7-19)15-22(27)25-14-17-9-11-24-12-10-17/h3-13H,14-15H2,1-2H3,(H,25,27). The summed E-state index contributed by atoms with van der Waals surface area (Å²) in [5.74, 6) is -0.260. The highest BCUT2D eigenvalue weighted by atomic mass is 35.5. The molecule has 2 aromatic carbocycles. The summed E-state index contributed by atoms with van der Waals surface area (Å²) < 4.78 is 33.5. The maximum absolute atomic E-state index is 13.6. The van der Waals surface area contributed by atoms with Crippen molar-refractivity contribution in [2.45, 2.75) is 18.4 Å². The van der Waals surface area contributed by atoms with Crippen LogP contribution in [0.15, 0.2) is 71.9 Å². The molecular weight excluding hydrogens is 438 g/mol. The molecule has 0 atom stereocenters. The lowest BCUT2D eigenvalue weighted by molar-refractivity contribution is -0.119. The number of benzene rings is 2. The Bertz CT molecular complexity index is 1150. The molecule has 1 aromatic heterocycles. The van der Waals surface area contributed by atoms with E-state index < -0.39 is 22.5 Å². The summed E-state index contributed by atoms with van der Waals surface area (Å²) in [5, 5.41) is 3.20. The van der Waals surface area contributed by atoms with Crippen LogP contribution in [0, 0.1) is 6.92 Å². The van der Waals surface area contributed by atoms with Gasteiger partial charge in [-0.2, -0.15) is 0 Å². The first-order valence-corrected chi connectivity index (χ1v) is 11.2. The Labute approximate surface area is 186 Å². The van der Waals surface area contributed by atoms with Crippen LogP contribution in [0.5, 0.6) is 5.75 Å². The minimum absolute atomic E-state index is 0.0214. The van der Waals surface area contributed by atoms with Gasteiger partial charge in [-0.3, -0.25) is 14.1 Å². The molecule has 0 aliphatic rings. The van der Waals surface area contributed by atoms with Crippen molar-refractivity contribution in [1.29, 1.82) is 0 Å². The molecule has 3 rings (SSSR count). The van der Waals surface area contributed by atoms with E-state index in [4.69, 9.17) is 16.3 Å². The number of halogens is 1. The van der Waals surface area contributed by atoms with Gasteiger partial charge in [-0.1, -0.05) is 17.7 Å². The van der Waals surface area contributed by atoms with Crippen LogP contribution in [-0.4, -0.2) is 33.0 Å². The molecule has 0 saturated heterocycles. The van der Waals surface area contributed by atoms with E-state index in [1.54, 1.807) is 67.8 Å². The Kier molecular flexibility index (Phi) is 7.14. The first kappa shape index (κ1) is 22.6. The topological polar surface area (TPSA) is 88.6 Å². The van der Waals surface area contributed by atoms with Gasteiger partial charge in [-0.25, -0.2) is 8.42 Å². The molecule has 31 heavy (non-hydrogen) atoms. The second-order valence-corrected chi connectivity index (χ2v) is 9.04. The second kappa shape index (κ2) is 9.80. The van der Waals surface area contributed by atoms with E-state index in [0.717, 1.165) is 15.4 Å². The van der Waals surface area contributed by atoms with E-state index in [0.29, 0.717) is 10.7 Å². The number of methoxy groups -OCH3 is 1. The number of nitrogens with one attached hydrogen (secondary N) is 1. The highest BCUT2D eigenvalue weighted by Gasteiger charge is 2.30. The number of aromatic nitrogens is 1. The minimum Gasteiger partial charge on any atom is -0.495 e. The Morgan fingerprint density at radius 2 is 1.77 bits per heavy atom. The number of sulfonamides is 1. The Hall–Kier alpha value is -3.10. The first-order chi connectivity index (χ1) is 14.8. The van der Waals surface area contributed by atoms with Gasteiger partial charge in [0.05, 0.1) is 12.8 Å². The highest BCUT2D eigenvalue weighted by molar-refractivity contribution is 7.93. The van der Waals surface area contributed by atoms with Gasteiger partial charge in [0.1, 0.15) is 17.2 Å². The summed E-state index contributed by atoms with van der Waals surface area (Å²) in [5.41, 5.74) is 1.91. The first-order valence-electron chi connectivity index (χ1n) is 9.40. The van der Waals surface area contributed by atoms with Crippen LogP contribution in [0.25, 0.3) is 0 Å². The quantitative estimate of drug-likeness (QED) is 0.556. The third-order valence-corrected chi connectivity index (χ3v) is 6.58. The smallest absolute Gasteiger partial charge is 0.268 e. The van der Waals surface area contributed by atoms with E-state index in [-0.39, 0.29) is 17.2 Å². The van der Waals surface area contributed by atoms with Crippen molar-refractivity contribution in [3.05, 3.63) is 83.1 Å². The maximum Gasteiger partial charge on any atom is 0.268 e. The summed E-state index contributed by atoms with van der Waals surface area (Å²) in [6.07, 6.45) is 3.24. The van der Waals surface area contributed by atoms with Gasteiger partial charge in [0.15, 0.2) is 0 Å². The minimum atomic E-state index is -4.12. The third kappa shape index (κ3) is 5.53. The van der Waals surface area contributed by atoms with E-state index in [1.165, 1.54) is 13.2 Å². The van der Waals surface area contributed by atoms with E-state index >= 15 is 0 Å². The number of carbonyl (C=O) groups excluding carboxylic acids is 1. The maximum atomic E-state index is 13.6. The Balaban J connectivity index is 1.94. The highest BCUT2D eigenvalue weighted by Crippen LogP contribution is 2.31. The second-order valence-electron chi connectivity index (χ2n) is 6.77. The predicted molar refractivity (Wildman–Crippen MR) is 120 cm³/mol. The molecule has 0 fully saturated rings. The Morgan fingerprint density at radius 3 is 2.42 bits per heavy atom. The molecule has 3 aromatic rings. The predicted octanol–water partition coefficient (Wildman–Crippen LogP) is 3.56. The number of rotatable bonds is 8. The van der Waals surface area contributed by atoms with Crippen molar-refractivity contribution in [3.8, 4) is 5.75 Å². The lowest BCUT2D eigenvalue weighted by Crippen LogP contribution is -2.40. The van der Waals surface area contributed by atoms with Crippen molar-refractivity contribution >= 4 is 33.2 Å². The monoisotopic (exact) mass is 459 g/mol. The van der Waals surface area contributed by atoms with Gasteiger partial charge in [0.2, 0.25) is 5.91 Å². The number of pyridine rings is 1. The van der Waals surface area contributed by atoms with Crippen molar-refractivity contribution in [2.24, 2.45) is 0 Å². The number of amides is 1. The molecule has 0 aliphatic carbocycles. The zero-order valence-corrected chi connectivity index (χ0v) is 18.7. The number of carbonyl (C=O) groups is 1. The van der Waals surface area contributed by atoms with Crippen molar-refractivity contribution in [1.82, 2.24) is 10.3 Å². The summed E-state index contributed by atoms with van der Waals surface area (Å²) in [6, 6.07) is 14.7. The lowest BCUT2D eigenvalue weighted by atomic mass is 10.2. The number of aryl methyl sites for hydroxylation is 1. The van der Waals surface area contributed by atoms with Crippen molar-refractivity contribution in [2.75, 3.05) is 18.0 Å². The lowest BCUT2D eigenvalue weighted by Gasteiger charge is -2.25. The van der Waals surface area contributed by atoms with E-state index in [1.807, 2.05) is 0 Å². The van der Waals surface area contributed by atoms with Gasteiger partial charge in [0.25, 0.3) is 10.0 Å². The van der Waals surface area contributed by atoms with Crippen LogP contribution in [0.3, 0.4) is 0 Å². The molecule has 0 saturated carbocycles. The third-order valence-electron chi connectivity index (χ3n) is 4.53. The molecule has 0 unspecified atom stereocenters. The summed E-state index contributed by atoms with van der Waals surface area (Å²) >= 11 is 5.97. The van der Waals surface area contributed by atoms with Crippen molar-refractivity contribution in [3.63, 3.8) is 0 Å². The summed E-state index contributed by atoms with van der Waals surface area (Å²) in [6.45, 7) is 1.63. The summed E-state index contributed by atoms with van der Waals surface area (Å²) in [7, 11) is -2.72. The van der Waals surface area contributed by atoms with E-state index in [9.17, 15) is 13.2 Å². The molecule has 0 spiro atoms. The molecule has 0 bridgehead atoms. The number of ether oxygens (including phenoxy) is 1.